The summed E-state index contributed by atoms with van der Waals surface area (Å²) < 4.78 is 12.0. The van der Waals surface area contributed by atoms with Gasteiger partial charge >= 0.3 is 0 Å². The molecule has 2 aromatic rings. The number of hydrogen-bond acceptors (Lipinski definition) is 5. The quantitative estimate of drug-likeness (QED) is 0.843. The molecule has 1 amide bonds. The lowest BCUT2D eigenvalue weighted by Gasteiger charge is -2.38. The van der Waals surface area contributed by atoms with E-state index in [2.05, 4.69) is 4.98 Å². The number of nitrogens with zero attached hydrogens (tertiary/aromatic N) is 2. The Morgan fingerprint density at radius 2 is 2.24 bits per heavy atom. The molecule has 4 rings (SSSR count). The van der Waals surface area contributed by atoms with E-state index in [1.807, 2.05) is 39.9 Å². The summed E-state index contributed by atoms with van der Waals surface area (Å²) in [5.41, 5.74) is 0.967. The highest BCUT2D eigenvalue weighted by Crippen LogP contribution is 2.37. The molecule has 6 heteroatoms. The number of carbonyl (C=O) groups excluding carboxylic acids is 1. The Balaban J connectivity index is 1.29. The molecule has 5 nitrogen and oxygen atoms in total. The van der Waals surface area contributed by atoms with Gasteiger partial charge in [0.15, 0.2) is 0 Å². The van der Waals surface area contributed by atoms with Gasteiger partial charge in [0.05, 0.1) is 18.6 Å². The predicted octanol–water partition coefficient (Wildman–Crippen LogP) is 2.91. The number of piperidine rings is 1. The first-order chi connectivity index (χ1) is 12.2. The number of pyridine rings is 1. The number of ether oxygens (including phenoxy) is 2. The van der Waals surface area contributed by atoms with Crippen molar-refractivity contribution in [1.29, 1.82) is 0 Å². The minimum atomic E-state index is -0.140. The van der Waals surface area contributed by atoms with Crippen molar-refractivity contribution in [2.24, 2.45) is 0 Å². The van der Waals surface area contributed by atoms with Gasteiger partial charge in [-0.05, 0) is 41.3 Å². The molecular weight excluding hydrogens is 336 g/mol. The summed E-state index contributed by atoms with van der Waals surface area (Å²) >= 11 is 1.63. The van der Waals surface area contributed by atoms with Crippen molar-refractivity contribution < 1.29 is 14.3 Å². The second-order valence-electron chi connectivity index (χ2n) is 6.80. The smallest absolute Gasteiger partial charge is 0.227 e. The maximum absolute atomic E-state index is 12.4. The molecule has 2 saturated heterocycles. The molecule has 4 heterocycles. The van der Waals surface area contributed by atoms with Gasteiger partial charge in [-0.1, -0.05) is 6.07 Å². The monoisotopic (exact) mass is 358 g/mol. The van der Waals surface area contributed by atoms with Crippen molar-refractivity contribution in [3.8, 4) is 5.88 Å². The van der Waals surface area contributed by atoms with E-state index in [0.717, 1.165) is 37.9 Å². The Kier molecular flexibility index (Phi) is 4.72. The van der Waals surface area contributed by atoms with Crippen LogP contribution in [0.25, 0.3) is 0 Å². The highest BCUT2D eigenvalue weighted by atomic mass is 32.1. The van der Waals surface area contributed by atoms with Gasteiger partial charge in [0.2, 0.25) is 11.8 Å². The van der Waals surface area contributed by atoms with Crippen LogP contribution in [0.3, 0.4) is 0 Å². The van der Waals surface area contributed by atoms with Gasteiger partial charge in [0, 0.05) is 31.8 Å². The first-order valence-electron chi connectivity index (χ1n) is 8.73. The highest BCUT2D eigenvalue weighted by molar-refractivity contribution is 7.08. The van der Waals surface area contributed by atoms with E-state index in [0.29, 0.717) is 18.9 Å². The van der Waals surface area contributed by atoms with Crippen molar-refractivity contribution in [2.75, 3.05) is 19.7 Å². The maximum atomic E-state index is 12.4. The molecule has 25 heavy (non-hydrogen) atoms. The predicted molar refractivity (Wildman–Crippen MR) is 95.8 cm³/mol. The Labute approximate surface area is 151 Å². The SMILES string of the molecule is O=C(Cc1ccsc1)N1CCC2(CC1)C[C@@H](Oc1ccccn1)CO2. The standard InChI is InChI=1S/C19H22N2O3S/c22-18(11-15-4-10-25-14-15)21-8-5-19(6-9-21)12-16(13-23-19)24-17-3-1-2-7-20-17/h1-4,7,10,14,16H,5-6,8-9,11-13H2/t16-/m1/s1. The fourth-order valence-electron chi connectivity index (χ4n) is 3.66. The van der Waals surface area contributed by atoms with Crippen molar-refractivity contribution in [3.05, 3.63) is 46.8 Å². The van der Waals surface area contributed by atoms with Crippen LogP contribution in [0.1, 0.15) is 24.8 Å². The van der Waals surface area contributed by atoms with E-state index in [1.165, 1.54) is 0 Å². The van der Waals surface area contributed by atoms with Crippen LogP contribution in [0.5, 0.6) is 5.88 Å². The molecule has 0 bridgehead atoms. The molecule has 0 aromatic carbocycles. The van der Waals surface area contributed by atoms with E-state index in [1.54, 1.807) is 17.5 Å². The highest BCUT2D eigenvalue weighted by Gasteiger charge is 2.44. The summed E-state index contributed by atoms with van der Waals surface area (Å²) in [5, 5.41) is 4.06. The van der Waals surface area contributed by atoms with E-state index < -0.39 is 0 Å². The number of aromatic nitrogens is 1. The fourth-order valence-corrected chi connectivity index (χ4v) is 4.33. The van der Waals surface area contributed by atoms with Gasteiger partial charge in [0.1, 0.15) is 6.10 Å². The Morgan fingerprint density at radius 3 is 2.96 bits per heavy atom. The lowest BCUT2D eigenvalue weighted by molar-refractivity contribution is -0.135. The number of hydrogen-bond donors (Lipinski definition) is 0. The largest absolute Gasteiger partial charge is 0.472 e. The Bertz CT molecular complexity index is 697. The molecular formula is C19H22N2O3S. The van der Waals surface area contributed by atoms with Crippen molar-refractivity contribution in [3.63, 3.8) is 0 Å². The van der Waals surface area contributed by atoms with Crippen LogP contribution in [0, 0.1) is 0 Å². The summed E-state index contributed by atoms with van der Waals surface area (Å²) in [4.78, 5) is 18.6. The summed E-state index contributed by atoms with van der Waals surface area (Å²) in [6.45, 7) is 2.12. The summed E-state index contributed by atoms with van der Waals surface area (Å²) in [6.07, 6.45) is 4.91. The zero-order valence-corrected chi connectivity index (χ0v) is 14.9. The molecule has 1 atom stereocenters. The van der Waals surface area contributed by atoms with Gasteiger partial charge in [0.25, 0.3) is 0 Å². The summed E-state index contributed by atoms with van der Waals surface area (Å²) in [7, 11) is 0. The lowest BCUT2D eigenvalue weighted by Crippen LogP contribution is -2.47. The van der Waals surface area contributed by atoms with Crippen LogP contribution in [0.2, 0.25) is 0 Å². The van der Waals surface area contributed by atoms with Gasteiger partial charge in [-0.25, -0.2) is 4.98 Å². The molecule has 1 spiro atoms. The zero-order chi connectivity index (χ0) is 17.1. The number of thiophene rings is 1. The summed E-state index contributed by atoms with van der Waals surface area (Å²) in [6, 6.07) is 7.69. The lowest BCUT2D eigenvalue weighted by atomic mass is 9.88. The van der Waals surface area contributed by atoms with Crippen LogP contribution in [0.4, 0.5) is 0 Å². The molecule has 0 unspecified atom stereocenters. The molecule has 0 radical (unpaired) electrons. The van der Waals surface area contributed by atoms with Crippen molar-refractivity contribution >= 4 is 17.2 Å². The molecule has 0 aliphatic carbocycles. The second kappa shape index (κ2) is 7.14. The van der Waals surface area contributed by atoms with Crippen molar-refractivity contribution in [2.45, 2.75) is 37.4 Å². The average Bonchev–Trinajstić information content (AvgIpc) is 3.27. The third kappa shape index (κ3) is 3.85. The molecule has 0 saturated carbocycles. The van der Waals surface area contributed by atoms with Crippen LogP contribution in [-0.4, -0.2) is 47.2 Å². The minimum absolute atomic E-state index is 0.0444. The number of rotatable bonds is 4. The maximum Gasteiger partial charge on any atom is 0.227 e. The third-order valence-electron chi connectivity index (χ3n) is 5.06. The van der Waals surface area contributed by atoms with Crippen LogP contribution in [0.15, 0.2) is 41.2 Å². The molecule has 132 valence electrons. The number of carbonyl (C=O) groups is 1. The second-order valence-corrected chi connectivity index (χ2v) is 7.58. The van der Waals surface area contributed by atoms with E-state index >= 15 is 0 Å². The summed E-state index contributed by atoms with van der Waals surface area (Å²) in [5.74, 6) is 0.865. The van der Waals surface area contributed by atoms with Gasteiger partial charge < -0.3 is 14.4 Å². The first kappa shape index (κ1) is 16.5. The van der Waals surface area contributed by atoms with Gasteiger partial charge in [-0.3, -0.25) is 4.79 Å². The van der Waals surface area contributed by atoms with Gasteiger partial charge in [-0.15, -0.1) is 0 Å². The van der Waals surface area contributed by atoms with Gasteiger partial charge in [-0.2, -0.15) is 11.3 Å². The Hall–Kier alpha value is -1.92. The normalized spacial score (nSPS) is 22.2. The van der Waals surface area contributed by atoms with Crippen LogP contribution >= 0.6 is 11.3 Å². The molecule has 0 N–H and O–H groups in total. The number of likely N-dealkylation sites (tertiary alicyclic amines) is 1. The topological polar surface area (TPSA) is 51.7 Å². The first-order valence-corrected chi connectivity index (χ1v) is 9.67. The third-order valence-corrected chi connectivity index (χ3v) is 5.80. The van der Waals surface area contributed by atoms with E-state index in [9.17, 15) is 4.79 Å². The van der Waals surface area contributed by atoms with E-state index in [4.69, 9.17) is 9.47 Å². The molecule has 2 aliphatic rings. The van der Waals surface area contributed by atoms with E-state index in [-0.39, 0.29) is 17.6 Å². The van der Waals surface area contributed by atoms with Crippen molar-refractivity contribution in [1.82, 2.24) is 9.88 Å². The molecule has 2 aromatic heterocycles. The Morgan fingerprint density at radius 1 is 1.36 bits per heavy atom. The molecule has 2 fully saturated rings. The number of amides is 1. The fraction of sp³-hybridized carbons (Fsp3) is 0.474. The molecule has 2 aliphatic heterocycles. The average molecular weight is 358 g/mol. The van der Waals surface area contributed by atoms with Crippen LogP contribution < -0.4 is 4.74 Å². The zero-order valence-electron chi connectivity index (χ0n) is 14.1. The van der Waals surface area contributed by atoms with Crippen LogP contribution in [-0.2, 0) is 16.0 Å². The minimum Gasteiger partial charge on any atom is -0.472 e.